The number of aromatic nitrogens is 1. The fourth-order valence-electron chi connectivity index (χ4n) is 3.76. The average Bonchev–Trinajstić information content (AvgIpc) is 3.39. The Morgan fingerprint density at radius 3 is 2.68 bits per heavy atom. The van der Waals surface area contributed by atoms with Gasteiger partial charge in [-0.25, -0.2) is 4.98 Å². The maximum absolute atomic E-state index is 13.0. The molecule has 1 N–H and O–H groups in total. The highest BCUT2D eigenvalue weighted by Gasteiger charge is 2.26. The lowest BCUT2D eigenvalue weighted by Crippen LogP contribution is -2.40. The number of carbonyl (C=O) groups excluding carboxylic acids is 1. The summed E-state index contributed by atoms with van der Waals surface area (Å²) >= 11 is 1.55. The second-order valence-corrected chi connectivity index (χ2v) is 8.32. The second-order valence-electron chi connectivity index (χ2n) is 7.11. The molecule has 3 heterocycles. The van der Waals surface area contributed by atoms with Gasteiger partial charge in [0.15, 0.2) is 0 Å². The smallest absolute Gasteiger partial charge is 0.271 e. The quantitative estimate of drug-likeness (QED) is 0.659. The van der Waals surface area contributed by atoms with Crippen LogP contribution in [0.15, 0.2) is 53.1 Å². The molecule has 1 aliphatic rings. The van der Waals surface area contributed by atoms with Crippen LogP contribution in [0.3, 0.4) is 0 Å². The molecule has 0 bridgehead atoms. The van der Waals surface area contributed by atoms with Crippen LogP contribution in [-0.4, -0.2) is 35.4 Å². The lowest BCUT2D eigenvalue weighted by atomic mass is 10.1. The Balaban J connectivity index is 1.51. The van der Waals surface area contributed by atoms with E-state index in [9.17, 15) is 4.79 Å². The third kappa shape index (κ3) is 4.18. The van der Waals surface area contributed by atoms with Gasteiger partial charge in [0.05, 0.1) is 22.2 Å². The van der Waals surface area contributed by atoms with E-state index in [1.165, 1.54) is 19.3 Å². The predicted molar refractivity (Wildman–Crippen MR) is 111 cm³/mol. The van der Waals surface area contributed by atoms with Gasteiger partial charge in [0.25, 0.3) is 5.91 Å². The Hall–Kier alpha value is -2.44. The van der Waals surface area contributed by atoms with Crippen molar-refractivity contribution in [1.82, 2.24) is 15.2 Å². The van der Waals surface area contributed by atoms with Crippen molar-refractivity contribution in [2.45, 2.75) is 32.2 Å². The zero-order valence-electron chi connectivity index (χ0n) is 16.1. The topological polar surface area (TPSA) is 58.4 Å². The third-order valence-corrected chi connectivity index (χ3v) is 6.16. The number of furan rings is 1. The van der Waals surface area contributed by atoms with Gasteiger partial charge in [0.2, 0.25) is 0 Å². The van der Waals surface area contributed by atoms with Crippen molar-refractivity contribution in [3.8, 4) is 10.4 Å². The van der Waals surface area contributed by atoms with E-state index < -0.39 is 0 Å². The van der Waals surface area contributed by atoms with Crippen LogP contribution in [0.1, 0.15) is 46.6 Å². The summed E-state index contributed by atoms with van der Waals surface area (Å²) in [6.07, 6.45) is 5.35. The zero-order chi connectivity index (χ0) is 19.3. The molecule has 1 amide bonds. The molecule has 0 radical (unpaired) electrons. The fourth-order valence-corrected chi connectivity index (χ4v) is 4.68. The predicted octanol–water partition coefficient (Wildman–Crippen LogP) is 4.67. The first-order valence-electron chi connectivity index (χ1n) is 9.81. The number of piperidine rings is 1. The van der Waals surface area contributed by atoms with Gasteiger partial charge < -0.3 is 9.73 Å². The molecular formula is C22H25N3O2S. The van der Waals surface area contributed by atoms with Crippen molar-refractivity contribution < 1.29 is 9.21 Å². The second kappa shape index (κ2) is 8.71. The lowest BCUT2D eigenvalue weighted by molar-refractivity contribution is 0.0910. The molecule has 28 heavy (non-hydrogen) atoms. The maximum Gasteiger partial charge on any atom is 0.271 e. The number of aryl methyl sites for hydroxylation is 1. The maximum atomic E-state index is 13.0. The molecule has 1 unspecified atom stereocenters. The van der Waals surface area contributed by atoms with Crippen molar-refractivity contribution in [2.24, 2.45) is 0 Å². The highest BCUT2D eigenvalue weighted by Crippen LogP contribution is 2.30. The number of benzene rings is 1. The number of nitrogens with one attached hydrogen (secondary N) is 1. The average molecular weight is 396 g/mol. The summed E-state index contributed by atoms with van der Waals surface area (Å²) in [7, 11) is 0. The van der Waals surface area contributed by atoms with Crippen LogP contribution in [0, 0.1) is 6.92 Å². The van der Waals surface area contributed by atoms with Gasteiger partial charge in [-0.15, -0.1) is 11.3 Å². The van der Waals surface area contributed by atoms with Gasteiger partial charge in [-0.2, -0.15) is 0 Å². The van der Waals surface area contributed by atoms with Crippen molar-refractivity contribution in [1.29, 1.82) is 0 Å². The Kier molecular flexibility index (Phi) is 5.88. The summed E-state index contributed by atoms with van der Waals surface area (Å²) < 4.78 is 5.68. The molecule has 2 aromatic heterocycles. The van der Waals surface area contributed by atoms with Crippen molar-refractivity contribution in [3.05, 3.63) is 65.2 Å². The molecule has 0 saturated carbocycles. The zero-order valence-corrected chi connectivity index (χ0v) is 16.9. The number of carbonyl (C=O) groups is 1. The van der Waals surface area contributed by atoms with E-state index in [0.717, 1.165) is 34.3 Å². The van der Waals surface area contributed by atoms with Crippen LogP contribution in [0.5, 0.6) is 0 Å². The first kappa shape index (κ1) is 18.9. The van der Waals surface area contributed by atoms with Gasteiger partial charge in [-0.1, -0.05) is 36.8 Å². The molecule has 1 atom stereocenters. The van der Waals surface area contributed by atoms with Gasteiger partial charge in [0, 0.05) is 6.54 Å². The number of likely N-dealkylation sites (tertiary alicyclic amines) is 1. The van der Waals surface area contributed by atoms with Crippen LogP contribution >= 0.6 is 11.3 Å². The Bertz CT molecular complexity index is 899. The van der Waals surface area contributed by atoms with E-state index in [-0.39, 0.29) is 11.9 Å². The summed E-state index contributed by atoms with van der Waals surface area (Å²) in [5.41, 5.74) is 1.53. The van der Waals surface area contributed by atoms with E-state index in [1.54, 1.807) is 17.6 Å². The Labute approximate surface area is 169 Å². The molecular weight excluding hydrogens is 370 g/mol. The summed E-state index contributed by atoms with van der Waals surface area (Å²) in [6.45, 7) is 4.52. The van der Waals surface area contributed by atoms with Gasteiger partial charge >= 0.3 is 0 Å². The van der Waals surface area contributed by atoms with Gasteiger partial charge in [-0.05, 0) is 50.6 Å². The number of nitrogens with zero attached hydrogens (tertiary/aromatic N) is 2. The molecule has 5 nitrogen and oxygen atoms in total. The van der Waals surface area contributed by atoms with Gasteiger partial charge in [-0.3, -0.25) is 9.69 Å². The van der Waals surface area contributed by atoms with Crippen molar-refractivity contribution in [2.75, 3.05) is 19.6 Å². The Morgan fingerprint density at radius 2 is 1.96 bits per heavy atom. The molecule has 6 heteroatoms. The molecule has 0 aliphatic carbocycles. The summed E-state index contributed by atoms with van der Waals surface area (Å²) in [4.78, 5) is 20.8. The standard InChI is InChI=1S/C22H25N3O2S/c1-16-24-20(21(28-16)17-9-4-2-5-10-17)22(26)23-15-18(19-11-8-14-27-19)25-12-6-3-7-13-25/h2,4-5,8-11,14,18H,3,6-7,12-13,15H2,1H3,(H,23,26). The summed E-state index contributed by atoms with van der Waals surface area (Å²) in [6, 6.07) is 13.9. The van der Waals surface area contributed by atoms with E-state index in [1.807, 2.05) is 49.4 Å². The molecule has 3 aromatic rings. The summed E-state index contributed by atoms with van der Waals surface area (Å²) in [5, 5.41) is 4.00. The fraction of sp³-hybridized carbons (Fsp3) is 0.364. The van der Waals surface area contributed by atoms with E-state index in [2.05, 4.69) is 15.2 Å². The highest BCUT2D eigenvalue weighted by atomic mass is 32.1. The number of amides is 1. The van der Waals surface area contributed by atoms with E-state index in [0.29, 0.717) is 12.2 Å². The molecule has 1 aromatic carbocycles. The molecule has 1 fully saturated rings. The monoisotopic (exact) mass is 395 g/mol. The minimum absolute atomic E-state index is 0.0548. The van der Waals surface area contributed by atoms with Crippen LogP contribution in [0.2, 0.25) is 0 Å². The van der Waals surface area contributed by atoms with Crippen LogP contribution in [0.25, 0.3) is 10.4 Å². The molecule has 146 valence electrons. The first-order chi connectivity index (χ1) is 13.7. The van der Waals surface area contributed by atoms with Crippen LogP contribution < -0.4 is 5.32 Å². The number of hydrogen-bond acceptors (Lipinski definition) is 5. The molecule has 1 aliphatic heterocycles. The minimum Gasteiger partial charge on any atom is -0.468 e. The summed E-state index contributed by atoms with van der Waals surface area (Å²) in [5.74, 6) is 0.775. The number of rotatable bonds is 6. The Morgan fingerprint density at radius 1 is 1.18 bits per heavy atom. The molecule has 0 spiro atoms. The highest BCUT2D eigenvalue weighted by molar-refractivity contribution is 7.15. The molecule has 1 saturated heterocycles. The SMILES string of the molecule is Cc1nc(C(=O)NCC(c2ccco2)N2CCCCC2)c(-c2ccccc2)s1. The van der Waals surface area contributed by atoms with Crippen LogP contribution in [0.4, 0.5) is 0 Å². The number of thiazole rings is 1. The van der Waals surface area contributed by atoms with Crippen LogP contribution in [-0.2, 0) is 0 Å². The van der Waals surface area contributed by atoms with Crippen molar-refractivity contribution in [3.63, 3.8) is 0 Å². The normalized spacial score (nSPS) is 16.0. The minimum atomic E-state index is -0.128. The largest absolute Gasteiger partial charge is 0.468 e. The van der Waals surface area contributed by atoms with Gasteiger partial charge in [0.1, 0.15) is 11.5 Å². The first-order valence-corrected chi connectivity index (χ1v) is 10.6. The lowest BCUT2D eigenvalue weighted by Gasteiger charge is -2.33. The van der Waals surface area contributed by atoms with Crippen molar-refractivity contribution >= 4 is 17.2 Å². The number of hydrogen-bond donors (Lipinski definition) is 1. The molecule has 4 rings (SSSR count). The van der Waals surface area contributed by atoms with E-state index in [4.69, 9.17) is 4.42 Å². The van der Waals surface area contributed by atoms with E-state index >= 15 is 0 Å². The third-order valence-electron chi connectivity index (χ3n) is 5.14.